The zero-order valence-corrected chi connectivity index (χ0v) is 12.5. The molecule has 0 amide bonds. The number of halogens is 4. The van der Waals surface area contributed by atoms with E-state index in [2.05, 4.69) is 20.9 Å². The maximum absolute atomic E-state index is 13.0. The first-order valence-corrected chi connectivity index (χ1v) is 6.70. The van der Waals surface area contributed by atoms with Gasteiger partial charge >= 0.3 is 6.18 Å². The van der Waals surface area contributed by atoms with Crippen LogP contribution in [0.2, 0.25) is 0 Å². The molecule has 2 atom stereocenters. The Labute approximate surface area is 123 Å². The van der Waals surface area contributed by atoms with Gasteiger partial charge in [0.15, 0.2) is 0 Å². The smallest absolute Gasteiger partial charge is 0.385 e. The molecule has 1 heterocycles. The number of amidine groups is 1. The highest BCUT2D eigenvalue weighted by molar-refractivity contribution is 9.10. The lowest BCUT2D eigenvalue weighted by Crippen LogP contribution is -2.60. The maximum atomic E-state index is 13.0. The van der Waals surface area contributed by atoms with Crippen molar-refractivity contribution in [3.8, 4) is 0 Å². The van der Waals surface area contributed by atoms with Crippen LogP contribution < -0.4 is 5.73 Å². The van der Waals surface area contributed by atoms with Crippen LogP contribution >= 0.6 is 15.9 Å². The van der Waals surface area contributed by atoms with Crippen LogP contribution in [0.3, 0.4) is 0 Å². The third-order valence-corrected chi connectivity index (χ3v) is 3.98. The summed E-state index contributed by atoms with van der Waals surface area (Å²) < 4.78 is 44.9. The minimum atomic E-state index is -4.60. The average Bonchev–Trinajstić information content (AvgIpc) is 2.33. The lowest BCUT2D eigenvalue weighted by atomic mass is 9.90. The van der Waals surface area contributed by atoms with Crippen LogP contribution in [0.1, 0.15) is 19.4 Å². The highest BCUT2D eigenvalue weighted by Crippen LogP contribution is 2.40. The van der Waals surface area contributed by atoms with Gasteiger partial charge < -0.3 is 10.5 Å². The van der Waals surface area contributed by atoms with Gasteiger partial charge in [-0.3, -0.25) is 4.99 Å². The molecule has 0 saturated heterocycles. The number of aliphatic imine (C=N–C) groups is 1. The summed E-state index contributed by atoms with van der Waals surface area (Å²) in [7, 11) is 0. The van der Waals surface area contributed by atoms with Crippen molar-refractivity contribution in [2.24, 2.45) is 10.7 Å². The molecular weight excluding hydrogens is 337 g/mol. The number of hydrogen-bond donors (Lipinski definition) is 1. The quantitative estimate of drug-likeness (QED) is 0.843. The van der Waals surface area contributed by atoms with Gasteiger partial charge in [-0.2, -0.15) is 13.2 Å². The predicted octanol–water partition coefficient (Wildman–Crippen LogP) is 3.37. The first-order chi connectivity index (χ1) is 9.08. The van der Waals surface area contributed by atoms with E-state index in [1.165, 1.54) is 0 Å². The molecule has 3 nitrogen and oxygen atoms in total. The minimum absolute atomic E-state index is 0.194. The van der Waals surface area contributed by atoms with Gasteiger partial charge in [0.1, 0.15) is 11.4 Å². The Bertz CT molecular complexity index is 561. The number of hydrogen-bond acceptors (Lipinski definition) is 3. The number of nitrogens with zero attached hydrogens (tertiary/aromatic N) is 1. The lowest BCUT2D eigenvalue weighted by molar-refractivity contribution is -0.249. The molecule has 7 heteroatoms. The standard InChI is InChI=1S/C13H14BrF3N2O/c1-11(8-4-3-5-9(14)6-8)7-20-12(2,10(18)19-11)13(15,16)17/h3-6H,7H2,1-2H3,(H2,18,19). The first kappa shape index (κ1) is 15.3. The fourth-order valence-corrected chi connectivity index (χ4v) is 2.36. The third kappa shape index (κ3) is 2.44. The average molecular weight is 351 g/mol. The molecule has 0 fully saturated rings. The van der Waals surface area contributed by atoms with Crippen LogP contribution in [-0.4, -0.2) is 24.2 Å². The molecule has 1 aromatic carbocycles. The van der Waals surface area contributed by atoms with Gasteiger partial charge in [0, 0.05) is 4.47 Å². The predicted molar refractivity (Wildman–Crippen MR) is 73.5 cm³/mol. The van der Waals surface area contributed by atoms with Gasteiger partial charge in [0.25, 0.3) is 0 Å². The maximum Gasteiger partial charge on any atom is 0.424 e. The Morgan fingerprint density at radius 3 is 2.50 bits per heavy atom. The number of alkyl halides is 3. The molecule has 2 N–H and O–H groups in total. The van der Waals surface area contributed by atoms with Crippen molar-refractivity contribution in [3.05, 3.63) is 34.3 Å². The van der Waals surface area contributed by atoms with Gasteiger partial charge in [-0.1, -0.05) is 28.1 Å². The van der Waals surface area contributed by atoms with Gasteiger partial charge in [-0.15, -0.1) is 0 Å². The zero-order chi connectivity index (χ0) is 15.2. The molecule has 1 aromatic rings. The van der Waals surface area contributed by atoms with Gasteiger partial charge in [-0.25, -0.2) is 0 Å². The van der Waals surface area contributed by atoms with E-state index in [9.17, 15) is 13.2 Å². The first-order valence-electron chi connectivity index (χ1n) is 5.91. The van der Waals surface area contributed by atoms with Crippen LogP contribution in [0, 0.1) is 0 Å². The minimum Gasteiger partial charge on any atom is -0.385 e. The highest BCUT2D eigenvalue weighted by Gasteiger charge is 2.58. The summed E-state index contributed by atoms with van der Waals surface area (Å²) in [5.41, 5.74) is 2.82. The van der Waals surface area contributed by atoms with Crippen LogP contribution in [-0.2, 0) is 10.3 Å². The fraction of sp³-hybridized carbons (Fsp3) is 0.462. The summed E-state index contributed by atoms with van der Waals surface area (Å²) in [5, 5.41) is 0. The van der Waals surface area contributed by atoms with Crippen LogP contribution in [0.15, 0.2) is 33.7 Å². The van der Waals surface area contributed by atoms with Crippen molar-refractivity contribution in [2.45, 2.75) is 31.2 Å². The largest absolute Gasteiger partial charge is 0.424 e. The lowest BCUT2D eigenvalue weighted by Gasteiger charge is -2.40. The highest BCUT2D eigenvalue weighted by atomic mass is 79.9. The molecule has 1 aliphatic rings. The molecular formula is C13H14BrF3N2O. The van der Waals surface area contributed by atoms with Crippen molar-refractivity contribution >= 4 is 21.8 Å². The number of rotatable bonds is 1. The molecule has 0 bridgehead atoms. The summed E-state index contributed by atoms with van der Waals surface area (Å²) in [5.74, 6) is -0.557. The number of ether oxygens (including phenoxy) is 1. The Morgan fingerprint density at radius 1 is 1.35 bits per heavy atom. The monoisotopic (exact) mass is 350 g/mol. The van der Waals surface area contributed by atoms with Crippen LogP contribution in [0.5, 0.6) is 0 Å². The van der Waals surface area contributed by atoms with E-state index < -0.39 is 23.2 Å². The van der Waals surface area contributed by atoms with Gasteiger partial charge in [0.2, 0.25) is 5.60 Å². The van der Waals surface area contributed by atoms with Crippen LogP contribution in [0.4, 0.5) is 13.2 Å². The van der Waals surface area contributed by atoms with E-state index >= 15 is 0 Å². The Morgan fingerprint density at radius 2 is 2.00 bits per heavy atom. The molecule has 0 radical (unpaired) electrons. The Balaban J connectivity index is 2.44. The second-order valence-corrected chi connectivity index (χ2v) is 6.02. The van der Waals surface area contributed by atoms with E-state index in [0.717, 1.165) is 17.0 Å². The number of benzene rings is 1. The summed E-state index contributed by atoms with van der Waals surface area (Å²) in [6.07, 6.45) is -4.60. The molecule has 110 valence electrons. The SMILES string of the molecule is CC1(c2cccc(Br)c2)COC(C)(C(F)(F)F)C(N)=N1. The Kier molecular flexibility index (Phi) is 3.62. The summed E-state index contributed by atoms with van der Waals surface area (Å²) in [4.78, 5) is 4.07. The van der Waals surface area contributed by atoms with Crippen molar-refractivity contribution in [3.63, 3.8) is 0 Å². The van der Waals surface area contributed by atoms with E-state index in [-0.39, 0.29) is 6.61 Å². The molecule has 0 aliphatic carbocycles. The molecule has 2 rings (SSSR count). The van der Waals surface area contributed by atoms with Gasteiger partial charge in [-0.05, 0) is 31.5 Å². The van der Waals surface area contributed by atoms with E-state index in [1.54, 1.807) is 25.1 Å². The second-order valence-electron chi connectivity index (χ2n) is 5.10. The van der Waals surface area contributed by atoms with E-state index in [1.807, 2.05) is 6.07 Å². The molecule has 2 unspecified atom stereocenters. The third-order valence-electron chi connectivity index (χ3n) is 3.49. The van der Waals surface area contributed by atoms with Crippen LogP contribution in [0.25, 0.3) is 0 Å². The topological polar surface area (TPSA) is 47.6 Å². The molecule has 0 saturated carbocycles. The van der Waals surface area contributed by atoms with Crippen molar-refractivity contribution < 1.29 is 17.9 Å². The van der Waals surface area contributed by atoms with E-state index in [0.29, 0.717) is 0 Å². The second kappa shape index (κ2) is 4.73. The normalized spacial score (nSPS) is 31.0. The molecule has 0 spiro atoms. The van der Waals surface area contributed by atoms with Gasteiger partial charge in [0.05, 0.1) is 6.61 Å². The fourth-order valence-electron chi connectivity index (χ4n) is 1.96. The molecule has 1 aliphatic heterocycles. The number of nitrogens with two attached hydrogens (primary N) is 1. The molecule has 0 aromatic heterocycles. The van der Waals surface area contributed by atoms with Crippen molar-refractivity contribution in [1.82, 2.24) is 0 Å². The van der Waals surface area contributed by atoms with Crippen molar-refractivity contribution in [1.29, 1.82) is 0 Å². The summed E-state index contributed by atoms with van der Waals surface area (Å²) in [6.45, 7) is 2.39. The summed E-state index contributed by atoms with van der Waals surface area (Å²) >= 11 is 3.32. The Hall–Kier alpha value is -1.08. The van der Waals surface area contributed by atoms with E-state index in [4.69, 9.17) is 10.5 Å². The summed E-state index contributed by atoms with van der Waals surface area (Å²) in [6, 6.07) is 7.18. The van der Waals surface area contributed by atoms with Crippen molar-refractivity contribution in [2.75, 3.05) is 6.61 Å². The molecule has 20 heavy (non-hydrogen) atoms. The zero-order valence-electron chi connectivity index (χ0n) is 11.0.